The van der Waals surface area contributed by atoms with Gasteiger partial charge in [0, 0.05) is 22.8 Å². The van der Waals surface area contributed by atoms with Gasteiger partial charge in [-0.2, -0.15) is 10.2 Å². The molecule has 0 bridgehead atoms. The molecule has 2 heterocycles. The highest BCUT2D eigenvalue weighted by Crippen LogP contribution is 2.23. The Hall–Kier alpha value is -1.89. The molecule has 24 heavy (non-hydrogen) atoms. The molecule has 0 spiro atoms. The van der Waals surface area contributed by atoms with Gasteiger partial charge in [0.15, 0.2) is 11.6 Å². The van der Waals surface area contributed by atoms with Crippen LogP contribution < -0.4 is 0 Å². The summed E-state index contributed by atoms with van der Waals surface area (Å²) < 4.78 is 3.56. The minimum atomic E-state index is -0.232. The largest absolute Gasteiger partial charge is 0.388 e. The Morgan fingerprint density at radius 3 is 2.71 bits per heavy atom. The minimum Gasteiger partial charge on any atom is -0.388 e. The summed E-state index contributed by atoms with van der Waals surface area (Å²) in [7, 11) is 0. The molecule has 0 fully saturated rings. The highest BCUT2D eigenvalue weighted by molar-refractivity contribution is 6.35. The summed E-state index contributed by atoms with van der Waals surface area (Å²) in [5, 5.41) is 19.4. The number of benzene rings is 1. The van der Waals surface area contributed by atoms with Crippen LogP contribution in [0.4, 0.5) is 0 Å². The Morgan fingerprint density at radius 1 is 1.17 bits per heavy atom. The van der Waals surface area contributed by atoms with E-state index in [4.69, 9.17) is 23.2 Å². The molecular weight excluding hydrogens is 349 g/mol. The van der Waals surface area contributed by atoms with E-state index in [1.165, 1.54) is 0 Å². The summed E-state index contributed by atoms with van der Waals surface area (Å²) in [6.45, 7) is 3.11. The van der Waals surface area contributed by atoms with Crippen molar-refractivity contribution in [1.82, 2.24) is 24.5 Å². The lowest BCUT2D eigenvalue weighted by Crippen LogP contribution is -2.06. The van der Waals surface area contributed by atoms with Crippen LogP contribution in [0.25, 0.3) is 11.5 Å². The average Bonchev–Trinajstić information content (AvgIpc) is 3.17. The van der Waals surface area contributed by atoms with E-state index in [9.17, 15) is 5.11 Å². The van der Waals surface area contributed by atoms with Crippen molar-refractivity contribution in [2.45, 2.75) is 33.0 Å². The minimum absolute atomic E-state index is 0.232. The number of aromatic nitrogens is 5. The van der Waals surface area contributed by atoms with Gasteiger partial charge in [0.05, 0.1) is 6.54 Å². The Kier molecular flexibility index (Phi) is 5.18. The molecule has 8 heteroatoms. The zero-order valence-electron chi connectivity index (χ0n) is 13.2. The Bertz CT molecular complexity index is 843. The standard InChI is InChI=1S/C16H17Cl2N5O/c1-2-6-22-7-5-14(20-22)16-19-15(10-24)21-23(16)9-11-3-4-12(17)8-13(11)18/h3-5,7-8,24H,2,6,9-10H2,1H3. The summed E-state index contributed by atoms with van der Waals surface area (Å²) in [6, 6.07) is 7.21. The van der Waals surface area contributed by atoms with Crippen molar-refractivity contribution in [2.24, 2.45) is 0 Å². The van der Waals surface area contributed by atoms with E-state index >= 15 is 0 Å². The fourth-order valence-corrected chi connectivity index (χ4v) is 2.87. The molecular formula is C16H17Cl2N5O. The summed E-state index contributed by atoms with van der Waals surface area (Å²) >= 11 is 12.2. The number of halogens is 2. The fraction of sp³-hybridized carbons (Fsp3) is 0.312. The van der Waals surface area contributed by atoms with E-state index in [2.05, 4.69) is 22.1 Å². The van der Waals surface area contributed by atoms with E-state index in [-0.39, 0.29) is 6.61 Å². The molecule has 3 aromatic rings. The molecule has 0 radical (unpaired) electrons. The van der Waals surface area contributed by atoms with Crippen LogP contribution in [0.15, 0.2) is 30.5 Å². The number of hydrogen-bond acceptors (Lipinski definition) is 4. The first kappa shape index (κ1) is 17.0. The Balaban J connectivity index is 1.96. The highest BCUT2D eigenvalue weighted by Gasteiger charge is 2.15. The van der Waals surface area contributed by atoms with Crippen LogP contribution in [0.3, 0.4) is 0 Å². The topological polar surface area (TPSA) is 68.8 Å². The maximum Gasteiger partial charge on any atom is 0.179 e. The van der Waals surface area contributed by atoms with Crippen molar-refractivity contribution >= 4 is 23.2 Å². The third kappa shape index (κ3) is 3.61. The first-order valence-electron chi connectivity index (χ1n) is 7.63. The Labute approximate surface area is 149 Å². The molecule has 3 rings (SSSR count). The molecule has 0 amide bonds. The molecule has 1 N–H and O–H groups in total. The van der Waals surface area contributed by atoms with Crippen LogP contribution >= 0.6 is 23.2 Å². The van der Waals surface area contributed by atoms with Crippen LogP contribution in [0.1, 0.15) is 24.7 Å². The molecule has 0 aliphatic heterocycles. The van der Waals surface area contributed by atoms with Crippen LogP contribution in [-0.2, 0) is 19.7 Å². The molecule has 0 aliphatic carbocycles. The molecule has 6 nitrogen and oxygen atoms in total. The van der Waals surface area contributed by atoms with Crippen molar-refractivity contribution in [2.75, 3.05) is 0 Å². The summed E-state index contributed by atoms with van der Waals surface area (Å²) in [5.74, 6) is 0.944. The lowest BCUT2D eigenvalue weighted by atomic mass is 10.2. The average molecular weight is 366 g/mol. The third-order valence-electron chi connectivity index (χ3n) is 3.51. The second-order valence-corrected chi connectivity index (χ2v) is 6.21. The lowest BCUT2D eigenvalue weighted by molar-refractivity contribution is 0.271. The lowest BCUT2D eigenvalue weighted by Gasteiger charge is -2.07. The molecule has 2 aromatic heterocycles. The zero-order chi connectivity index (χ0) is 17.1. The SMILES string of the molecule is CCCn1ccc(-c2nc(CO)nn2Cc2ccc(Cl)cc2Cl)n1. The molecule has 126 valence electrons. The third-order valence-corrected chi connectivity index (χ3v) is 4.10. The quantitative estimate of drug-likeness (QED) is 0.726. The van der Waals surface area contributed by atoms with E-state index in [1.54, 1.807) is 16.8 Å². The predicted molar refractivity (Wildman–Crippen MR) is 93.0 cm³/mol. The number of aliphatic hydroxyl groups is 1. The number of nitrogens with zero attached hydrogens (tertiary/aromatic N) is 5. The van der Waals surface area contributed by atoms with E-state index in [0.717, 1.165) is 18.5 Å². The smallest absolute Gasteiger partial charge is 0.179 e. The van der Waals surface area contributed by atoms with Crippen LogP contribution in [0, 0.1) is 0 Å². The van der Waals surface area contributed by atoms with Gasteiger partial charge in [-0.25, -0.2) is 9.67 Å². The molecule has 0 aliphatic rings. The molecule has 1 aromatic carbocycles. The maximum absolute atomic E-state index is 9.36. The van der Waals surface area contributed by atoms with Crippen molar-refractivity contribution in [1.29, 1.82) is 0 Å². The summed E-state index contributed by atoms with van der Waals surface area (Å²) in [5.41, 5.74) is 1.57. The van der Waals surface area contributed by atoms with Gasteiger partial charge in [0.2, 0.25) is 0 Å². The summed E-state index contributed by atoms with van der Waals surface area (Å²) in [6.07, 6.45) is 2.90. The number of aryl methyl sites for hydroxylation is 1. The maximum atomic E-state index is 9.36. The monoisotopic (exact) mass is 365 g/mol. The van der Waals surface area contributed by atoms with Crippen molar-refractivity contribution in [3.05, 3.63) is 51.9 Å². The first-order chi connectivity index (χ1) is 11.6. The van der Waals surface area contributed by atoms with Crippen molar-refractivity contribution < 1.29 is 5.11 Å². The Morgan fingerprint density at radius 2 is 2.00 bits per heavy atom. The van der Waals surface area contributed by atoms with Gasteiger partial charge in [-0.1, -0.05) is 36.2 Å². The van der Waals surface area contributed by atoms with Gasteiger partial charge in [-0.05, 0) is 30.2 Å². The number of aliphatic hydroxyl groups excluding tert-OH is 1. The van der Waals surface area contributed by atoms with Crippen molar-refractivity contribution in [3.63, 3.8) is 0 Å². The summed E-state index contributed by atoms with van der Waals surface area (Å²) in [4.78, 5) is 4.37. The predicted octanol–water partition coefficient (Wildman–Crippen LogP) is 3.40. The van der Waals surface area contributed by atoms with E-state index in [0.29, 0.717) is 33.9 Å². The van der Waals surface area contributed by atoms with Crippen molar-refractivity contribution in [3.8, 4) is 11.5 Å². The van der Waals surface area contributed by atoms with Gasteiger partial charge >= 0.3 is 0 Å². The van der Waals surface area contributed by atoms with Crippen LogP contribution in [0.5, 0.6) is 0 Å². The normalized spacial score (nSPS) is 11.2. The van der Waals surface area contributed by atoms with E-state index in [1.807, 2.05) is 23.0 Å². The van der Waals surface area contributed by atoms with Crippen LogP contribution in [-0.4, -0.2) is 29.7 Å². The number of rotatable bonds is 6. The fourth-order valence-electron chi connectivity index (χ4n) is 2.40. The van der Waals surface area contributed by atoms with Crippen LogP contribution in [0.2, 0.25) is 10.0 Å². The van der Waals surface area contributed by atoms with Gasteiger partial charge in [0.25, 0.3) is 0 Å². The molecule has 0 saturated carbocycles. The highest BCUT2D eigenvalue weighted by atomic mass is 35.5. The van der Waals surface area contributed by atoms with E-state index < -0.39 is 0 Å². The van der Waals surface area contributed by atoms with Gasteiger partial charge in [-0.15, -0.1) is 0 Å². The van der Waals surface area contributed by atoms with Gasteiger partial charge in [-0.3, -0.25) is 4.68 Å². The first-order valence-corrected chi connectivity index (χ1v) is 8.38. The van der Waals surface area contributed by atoms with Gasteiger partial charge < -0.3 is 5.11 Å². The number of hydrogen-bond donors (Lipinski definition) is 1. The molecule has 0 saturated heterocycles. The molecule has 0 atom stereocenters. The second-order valence-electron chi connectivity index (χ2n) is 5.37. The molecule has 0 unspecified atom stereocenters. The van der Waals surface area contributed by atoms with Gasteiger partial charge in [0.1, 0.15) is 12.3 Å². The second kappa shape index (κ2) is 7.34. The zero-order valence-corrected chi connectivity index (χ0v) is 14.7.